The summed E-state index contributed by atoms with van der Waals surface area (Å²) in [6, 6.07) is 0. The van der Waals surface area contributed by atoms with Crippen molar-refractivity contribution in [2.24, 2.45) is 0 Å². The Kier molecular flexibility index (Phi) is 5.31. The van der Waals surface area contributed by atoms with Crippen LogP contribution in [0.4, 0.5) is 0 Å². The molecule has 1 aromatic rings. The number of rotatable bonds is 5. The smallest absolute Gasteiger partial charge is 0.217 e. The van der Waals surface area contributed by atoms with E-state index in [1.807, 2.05) is 11.3 Å². The molecule has 20 heavy (non-hydrogen) atoms. The lowest BCUT2D eigenvalue weighted by molar-refractivity contribution is -0.118. The van der Waals surface area contributed by atoms with E-state index in [1.54, 1.807) is 6.92 Å². The maximum Gasteiger partial charge on any atom is 0.217 e. The molecule has 0 atom stereocenters. The molecule has 0 aromatic carbocycles. The molecule has 2 heterocycles. The molecule has 1 aliphatic rings. The minimum absolute atomic E-state index is 0.0365. The van der Waals surface area contributed by atoms with Gasteiger partial charge in [-0.25, -0.2) is 4.98 Å². The molecule has 0 aliphatic carbocycles. The summed E-state index contributed by atoms with van der Waals surface area (Å²) in [4.78, 5) is 19.4. The Balaban J connectivity index is 1.94. The van der Waals surface area contributed by atoms with Crippen molar-refractivity contribution >= 4 is 17.2 Å². The van der Waals surface area contributed by atoms with Crippen LogP contribution in [0.25, 0.3) is 0 Å². The highest BCUT2D eigenvalue weighted by atomic mass is 32.1. The molecule has 0 fully saturated rings. The first-order valence-corrected chi connectivity index (χ1v) is 8.00. The van der Waals surface area contributed by atoms with Gasteiger partial charge < -0.3 is 5.32 Å². The molecule has 1 N–H and O–H groups in total. The van der Waals surface area contributed by atoms with Crippen LogP contribution in [0.15, 0.2) is 11.6 Å². The Morgan fingerprint density at radius 1 is 1.55 bits per heavy atom. The fraction of sp³-hybridized carbons (Fsp3) is 0.600. The van der Waals surface area contributed by atoms with E-state index in [9.17, 15) is 4.79 Å². The Morgan fingerprint density at radius 3 is 3.05 bits per heavy atom. The fourth-order valence-electron chi connectivity index (χ4n) is 2.50. The van der Waals surface area contributed by atoms with Gasteiger partial charge in [0.15, 0.2) is 0 Å². The first-order valence-electron chi connectivity index (χ1n) is 7.18. The zero-order valence-corrected chi connectivity index (χ0v) is 13.3. The van der Waals surface area contributed by atoms with Gasteiger partial charge in [0.2, 0.25) is 5.91 Å². The summed E-state index contributed by atoms with van der Waals surface area (Å²) < 4.78 is 0. The number of thiazole rings is 1. The van der Waals surface area contributed by atoms with E-state index in [0.29, 0.717) is 6.54 Å². The highest BCUT2D eigenvalue weighted by Gasteiger charge is 2.16. The quantitative estimate of drug-likeness (QED) is 0.847. The second-order valence-electron chi connectivity index (χ2n) is 5.23. The fourth-order valence-corrected chi connectivity index (χ4v) is 3.57. The first kappa shape index (κ1) is 15.2. The van der Waals surface area contributed by atoms with Gasteiger partial charge in [-0.3, -0.25) is 9.69 Å². The number of aryl methyl sites for hydroxylation is 2. The molecular formula is C15H23N3OS. The van der Waals surface area contributed by atoms with Crippen molar-refractivity contribution in [2.75, 3.05) is 19.6 Å². The molecule has 4 nitrogen and oxygen atoms in total. The maximum atomic E-state index is 11.0. The van der Waals surface area contributed by atoms with Gasteiger partial charge in [-0.05, 0) is 25.3 Å². The van der Waals surface area contributed by atoms with Crippen LogP contribution < -0.4 is 5.32 Å². The molecule has 5 heteroatoms. The highest BCUT2D eigenvalue weighted by Crippen LogP contribution is 2.22. The van der Waals surface area contributed by atoms with Gasteiger partial charge in [0.05, 0.1) is 10.7 Å². The van der Waals surface area contributed by atoms with E-state index in [0.717, 1.165) is 37.5 Å². The van der Waals surface area contributed by atoms with Crippen LogP contribution in [0.1, 0.15) is 35.8 Å². The lowest BCUT2D eigenvalue weighted by Crippen LogP contribution is -2.34. The SMILES string of the molecule is CCc1nc(C)sc1CN1CCC=C(CNC(C)=O)C1. The van der Waals surface area contributed by atoms with Crippen molar-refractivity contribution in [3.05, 3.63) is 27.2 Å². The van der Waals surface area contributed by atoms with Crippen molar-refractivity contribution in [2.45, 2.75) is 40.2 Å². The van der Waals surface area contributed by atoms with E-state index in [1.165, 1.54) is 16.1 Å². The first-order chi connectivity index (χ1) is 9.58. The summed E-state index contributed by atoms with van der Waals surface area (Å²) >= 11 is 1.81. The van der Waals surface area contributed by atoms with Crippen LogP contribution in [-0.2, 0) is 17.8 Å². The molecule has 0 unspecified atom stereocenters. The largest absolute Gasteiger partial charge is 0.353 e. The number of carbonyl (C=O) groups is 1. The predicted octanol–water partition coefficient (Wildman–Crippen LogP) is 2.28. The summed E-state index contributed by atoms with van der Waals surface area (Å²) in [6.45, 7) is 9.49. The maximum absolute atomic E-state index is 11.0. The minimum atomic E-state index is 0.0365. The van der Waals surface area contributed by atoms with Crippen LogP contribution in [-0.4, -0.2) is 35.4 Å². The number of hydrogen-bond acceptors (Lipinski definition) is 4. The number of aromatic nitrogens is 1. The zero-order valence-electron chi connectivity index (χ0n) is 12.5. The van der Waals surface area contributed by atoms with Crippen molar-refractivity contribution in [3.63, 3.8) is 0 Å². The average Bonchev–Trinajstić information content (AvgIpc) is 2.77. The van der Waals surface area contributed by atoms with Crippen LogP contribution in [0, 0.1) is 6.92 Å². The van der Waals surface area contributed by atoms with E-state index < -0.39 is 0 Å². The van der Waals surface area contributed by atoms with Crippen LogP contribution in [0.2, 0.25) is 0 Å². The van der Waals surface area contributed by atoms with E-state index in [4.69, 9.17) is 0 Å². The second kappa shape index (κ2) is 6.99. The van der Waals surface area contributed by atoms with E-state index >= 15 is 0 Å². The molecular weight excluding hydrogens is 270 g/mol. The minimum Gasteiger partial charge on any atom is -0.353 e. The normalized spacial score (nSPS) is 16.1. The van der Waals surface area contributed by atoms with Gasteiger partial charge in [0.1, 0.15) is 0 Å². The monoisotopic (exact) mass is 293 g/mol. The van der Waals surface area contributed by atoms with Crippen LogP contribution in [0.3, 0.4) is 0 Å². The van der Waals surface area contributed by atoms with Gasteiger partial charge in [-0.15, -0.1) is 11.3 Å². The predicted molar refractivity (Wildman–Crippen MR) is 82.9 cm³/mol. The Morgan fingerprint density at radius 2 is 2.35 bits per heavy atom. The summed E-state index contributed by atoms with van der Waals surface area (Å²) in [7, 11) is 0. The Labute approximate surface area is 124 Å². The van der Waals surface area contributed by atoms with Gasteiger partial charge >= 0.3 is 0 Å². The van der Waals surface area contributed by atoms with Crippen LogP contribution in [0.5, 0.6) is 0 Å². The molecule has 110 valence electrons. The number of hydrogen-bond donors (Lipinski definition) is 1. The van der Waals surface area contributed by atoms with Gasteiger partial charge in [0.25, 0.3) is 0 Å². The molecule has 1 amide bonds. The lowest BCUT2D eigenvalue weighted by Gasteiger charge is -2.27. The standard InChI is InChI=1S/C15H23N3OS/c1-4-14-15(20-12(3)17-14)10-18-7-5-6-13(9-18)8-16-11(2)19/h6H,4-5,7-10H2,1-3H3,(H,16,19). The summed E-state index contributed by atoms with van der Waals surface area (Å²) in [5, 5.41) is 4.04. The third kappa shape index (κ3) is 4.15. The van der Waals surface area contributed by atoms with Gasteiger partial charge in [-0.2, -0.15) is 0 Å². The summed E-state index contributed by atoms with van der Waals surface area (Å²) in [6.07, 6.45) is 4.32. The molecule has 0 radical (unpaired) electrons. The van der Waals surface area contributed by atoms with Crippen molar-refractivity contribution in [3.8, 4) is 0 Å². The summed E-state index contributed by atoms with van der Waals surface area (Å²) in [5.74, 6) is 0.0365. The molecule has 1 aliphatic heterocycles. The molecule has 0 spiro atoms. The Bertz CT molecular complexity index is 507. The topological polar surface area (TPSA) is 45.2 Å². The van der Waals surface area contributed by atoms with Gasteiger partial charge in [0, 0.05) is 38.0 Å². The number of nitrogens with zero attached hydrogens (tertiary/aromatic N) is 2. The van der Waals surface area contributed by atoms with Crippen molar-refractivity contribution in [1.29, 1.82) is 0 Å². The highest BCUT2D eigenvalue weighted by molar-refractivity contribution is 7.11. The number of carbonyl (C=O) groups excluding carboxylic acids is 1. The number of amides is 1. The van der Waals surface area contributed by atoms with E-state index in [-0.39, 0.29) is 5.91 Å². The Hall–Kier alpha value is -1.20. The van der Waals surface area contributed by atoms with Crippen molar-refractivity contribution in [1.82, 2.24) is 15.2 Å². The third-order valence-electron chi connectivity index (χ3n) is 3.46. The lowest BCUT2D eigenvalue weighted by atomic mass is 10.1. The van der Waals surface area contributed by atoms with Crippen LogP contribution >= 0.6 is 11.3 Å². The summed E-state index contributed by atoms with van der Waals surface area (Å²) in [5.41, 5.74) is 2.55. The molecule has 0 bridgehead atoms. The number of nitrogens with one attached hydrogen (secondary N) is 1. The molecule has 0 saturated heterocycles. The third-order valence-corrected chi connectivity index (χ3v) is 4.45. The molecule has 1 aromatic heterocycles. The van der Waals surface area contributed by atoms with Gasteiger partial charge in [-0.1, -0.05) is 13.0 Å². The van der Waals surface area contributed by atoms with Crippen molar-refractivity contribution < 1.29 is 4.79 Å². The molecule has 2 rings (SSSR count). The zero-order chi connectivity index (χ0) is 14.5. The van der Waals surface area contributed by atoms with E-state index in [2.05, 4.69) is 35.1 Å². The molecule has 0 saturated carbocycles. The second-order valence-corrected chi connectivity index (χ2v) is 6.52. The average molecular weight is 293 g/mol.